The lowest BCUT2D eigenvalue weighted by Crippen LogP contribution is -2.28. The molecular weight excluding hydrogens is 308 g/mol. The van der Waals surface area contributed by atoms with Gasteiger partial charge in [-0.2, -0.15) is 10.1 Å². The summed E-state index contributed by atoms with van der Waals surface area (Å²) in [6.07, 6.45) is 2.47. The second-order valence-corrected chi connectivity index (χ2v) is 6.32. The standard InChI is InChI=1S/C18H17ClN4/c1-12-6-8-13(9-7-12)16-10-17(14-4-2-3-5-15(14)19)23-18(22-16)20-11-21-23/h2-9,11,16-17H,10H2,1H3,(H,20,21,22). The third-order valence-electron chi connectivity index (χ3n) is 4.37. The molecule has 2 heterocycles. The van der Waals surface area contributed by atoms with Gasteiger partial charge in [0.05, 0.1) is 12.1 Å². The molecule has 2 atom stereocenters. The summed E-state index contributed by atoms with van der Waals surface area (Å²) < 4.78 is 1.92. The minimum Gasteiger partial charge on any atom is -0.348 e. The van der Waals surface area contributed by atoms with E-state index in [9.17, 15) is 0 Å². The van der Waals surface area contributed by atoms with Crippen molar-refractivity contribution in [2.75, 3.05) is 5.32 Å². The fraction of sp³-hybridized carbons (Fsp3) is 0.222. The Hall–Kier alpha value is -2.33. The van der Waals surface area contributed by atoms with Crippen LogP contribution >= 0.6 is 11.6 Å². The van der Waals surface area contributed by atoms with Crippen LogP contribution in [0.2, 0.25) is 5.02 Å². The molecule has 0 amide bonds. The predicted octanol–water partition coefficient (Wildman–Crippen LogP) is 4.39. The van der Waals surface area contributed by atoms with Crippen LogP contribution in [0.25, 0.3) is 0 Å². The first-order chi connectivity index (χ1) is 11.2. The molecule has 0 saturated carbocycles. The second-order valence-electron chi connectivity index (χ2n) is 5.91. The van der Waals surface area contributed by atoms with E-state index in [2.05, 4.69) is 52.7 Å². The van der Waals surface area contributed by atoms with Gasteiger partial charge in [0.2, 0.25) is 5.95 Å². The van der Waals surface area contributed by atoms with Crippen molar-refractivity contribution < 1.29 is 0 Å². The molecule has 4 nitrogen and oxygen atoms in total. The maximum absolute atomic E-state index is 6.42. The highest BCUT2D eigenvalue weighted by molar-refractivity contribution is 6.31. The monoisotopic (exact) mass is 324 g/mol. The van der Waals surface area contributed by atoms with Crippen molar-refractivity contribution >= 4 is 17.5 Å². The lowest BCUT2D eigenvalue weighted by molar-refractivity contribution is 0.431. The van der Waals surface area contributed by atoms with Crippen LogP contribution in [0.3, 0.4) is 0 Å². The van der Waals surface area contributed by atoms with E-state index in [0.717, 1.165) is 23.0 Å². The van der Waals surface area contributed by atoms with Crippen molar-refractivity contribution in [2.45, 2.75) is 25.4 Å². The Bertz CT molecular complexity index is 825. The van der Waals surface area contributed by atoms with E-state index in [1.54, 1.807) is 6.33 Å². The van der Waals surface area contributed by atoms with Crippen LogP contribution in [0, 0.1) is 6.92 Å². The Morgan fingerprint density at radius 2 is 1.91 bits per heavy atom. The molecule has 5 heteroatoms. The van der Waals surface area contributed by atoms with E-state index < -0.39 is 0 Å². The van der Waals surface area contributed by atoms with Gasteiger partial charge >= 0.3 is 0 Å². The van der Waals surface area contributed by atoms with Crippen LogP contribution < -0.4 is 5.32 Å². The summed E-state index contributed by atoms with van der Waals surface area (Å²) in [4.78, 5) is 4.35. The molecular formula is C18H17ClN4. The molecule has 1 aliphatic rings. The molecule has 0 radical (unpaired) electrons. The van der Waals surface area contributed by atoms with Gasteiger partial charge in [0.15, 0.2) is 0 Å². The zero-order valence-electron chi connectivity index (χ0n) is 12.8. The van der Waals surface area contributed by atoms with Crippen LogP contribution in [-0.2, 0) is 0 Å². The number of fused-ring (bicyclic) bond motifs is 1. The summed E-state index contributed by atoms with van der Waals surface area (Å²) >= 11 is 6.42. The van der Waals surface area contributed by atoms with Gasteiger partial charge in [0.1, 0.15) is 6.33 Å². The van der Waals surface area contributed by atoms with Gasteiger partial charge in [-0.3, -0.25) is 0 Å². The second kappa shape index (κ2) is 5.70. The van der Waals surface area contributed by atoms with E-state index in [-0.39, 0.29) is 12.1 Å². The largest absolute Gasteiger partial charge is 0.348 e. The maximum Gasteiger partial charge on any atom is 0.222 e. The van der Waals surface area contributed by atoms with Gasteiger partial charge in [-0.05, 0) is 30.5 Å². The van der Waals surface area contributed by atoms with Crippen molar-refractivity contribution in [3.8, 4) is 0 Å². The molecule has 0 saturated heterocycles. The summed E-state index contributed by atoms with van der Waals surface area (Å²) in [5.41, 5.74) is 3.59. The Morgan fingerprint density at radius 1 is 1.13 bits per heavy atom. The van der Waals surface area contributed by atoms with Gasteiger partial charge in [0.25, 0.3) is 0 Å². The van der Waals surface area contributed by atoms with Gasteiger partial charge in [0, 0.05) is 5.02 Å². The SMILES string of the molecule is Cc1ccc(C2CC(c3ccccc3Cl)n3ncnc3N2)cc1. The lowest BCUT2D eigenvalue weighted by Gasteiger charge is -2.32. The number of nitrogens with zero attached hydrogens (tertiary/aromatic N) is 3. The minimum atomic E-state index is 0.0775. The average Bonchev–Trinajstić information content (AvgIpc) is 3.04. The summed E-state index contributed by atoms with van der Waals surface area (Å²) in [6, 6.07) is 16.8. The molecule has 2 aromatic carbocycles. The molecule has 116 valence electrons. The Balaban J connectivity index is 1.75. The van der Waals surface area contributed by atoms with E-state index in [1.807, 2.05) is 22.9 Å². The van der Waals surface area contributed by atoms with Crippen molar-refractivity contribution in [3.05, 3.63) is 76.6 Å². The van der Waals surface area contributed by atoms with E-state index >= 15 is 0 Å². The van der Waals surface area contributed by atoms with Crippen molar-refractivity contribution in [2.24, 2.45) is 0 Å². The fourth-order valence-electron chi connectivity index (χ4n) is 3.14. The lowest BCUT2D eigenvalue weighted by atomic mass is 9.93. The minimum absolute atomic E-state index is 0.0775. The van der Waals surface area contributed by atoms with Crippen LogP contribution in [0.1, 0.15) is 35.2 Å². The van der Waals surface area contributed by atoms with Crippen LogP contribution in [0.5, 0.6) is 0 Å². The van der Waals surface area contributed by atoms with Crippen molar-refractivity contribution in [1.29, 1.82) is 0 Å². The van der Waals surface area contributed by atoms with E-state index in [4.69, 9.17) is 11.6 Å². The van der Waals surface area contributed by atoms with Gasteiger partial charge in [-0.1, -0.05) is 59.6 Å². The number of aromatic nitrogens is 3. The summed E-state index contributed by atoms with van der Waals surface area (Å²) in [7, 11) is 0. The molecule has 0 spiro atoms. The average molecular weight is 325 g/mol. The molecule has 1 aliphatic heterocycles. The molecule has 1 N–H and O–H groups in total. The molecule has 23 heavy (non-hydrogen) atoms. The summed E-state index contributed by atoms with van der Waals surface area (Å²) in [5, 5.41) is 8.63. The molecule has 1 aromatic heterocycles. The first kappa shape index (κ1) is 14.3. The zero-order chi connectivity index (χ0) is 15.8. The molecule has 0 fully saturated rings. The number of halogens is 1. The highest BCUT2D eigenvalue weighted by Gasteiger charge is 2.30. The van der Waals surface area contributed by atoms with Crippen LogP contribution in [0.15, 0.2) is 54.9 Å². The predicted molar refractivity (Wildman–Crippen MR) is 91.8 cm³/mol. The maximum atomic E-state index is 6.42. The quantitative estimate of drug-likeness (QED) is 0.760. The van der Waals surface area contributed by atoms with Gasteiger partial charge < -0.3 is 5.32 Å². The molecule has 4 rings (SSSR count). The number of anilines is 1. The van der Waals surface area contributed by atoms with E-state index in [1.165, 1.54) is 11.1 Å². The Kier molecular flexibility index (Phi) is 3.54. The number of hydrogen-bond acceptors (Lipinski definition) is 3. The van der Waals surface area contributed by atoms with Crippen LogP contribution in [0.4, 0.5) is 5.95 Å². The van der Waals surface area contributed by atoms with Gasteiger partial charge in [-0.15, -0.1) is 0 Å². The van der Waals surface area contributed by atoms with E-state index in [0.29, 0.717) is 0 Å². The fourth-order valence-corrected chi connectivity index (χ4v) is 3.40. The number of aryl methyl sites for hydroxylation is 1. The first-order valence-corrected chi connectivity index (χ1v) is 8.07. The van der Waals surface area contributed by atoms with Crippen molar-refractivity contribution in [3.63, 3.8) is 0 Å². The molecule has 0 bridgehead atoms. The number of benzene rings is 2. The molecule has 2 unspecified atom stereocenters. The zero-order valence-corrected chi connectivity index (χ0v) is 13.5. The number of nitrogens with one attached hydrogen (secondary N) is 1. The Labute approximate surface area is 140 Å². The summed E-state index contributed by atoms with van der Waals surface area (Å²) in [5.74, 6) is 0.784. The van der Waals surface area contributed by atoms with Crippen molar-refractivity contribution in [1.82, 2.24) is 14.8 Å². The smallest absolute Gasteiger partial charge is 0.222 e. The highest BCUT2D eigenvalue weighted by atomic mass is 35.5. The number of rotatable bonds is 2. The third kappa shape index (κ3) is 2.59. The Morgan fingerprint density at radius 3 is 2.70 bits per heavy atom. The topological polar surface area (TPSA) is 42.7 Å². The molecule has 3 aromatic rings. The normalized spacial score (nSPS) is 19.9. The first-order valence-electron chi connectivity index (χ1n) is 7.69. The highest BCUT2D eigenvalue weighted by Crippen LogP contribution is 2.39. The third-order valence-corrected chi connectivity index (χ3v) is 4.72. The molecule has 0 aliphatic carbocycles. The summed E-state index contributed by atoms with van der Waals surface area (Å²) in [6.45, 7) is 2.10. The number of hydrogen-bond donors (Lipinski definition) is 1. The van der Waals surface area contributed by atoms with Gasteiger partial charge in [-0.25, -0.2) is 4.68 Å². The van der Waals surface area contributed by atoms with Crippen LogP contribution in [-0.4, -0.2) is 14.8 Å².